The van der Waals surface area contributed by atoms with Crippen LogP contribution >= 0.6 is 23.2 Å². The summed E-state index contributed by atoms with van der Waals surface area (Å²) in [6.07, 6.45) is 0. The van der Waals surface area contributed by atoms with Crippen LogP contribution in [0.3, 0.4) is 0 Å². The Bertz CT molecular complexity index is 293. The number of benzene rings is 1. The van der Waals surface area contributed by atoms with Gasteiger partial charge in [-0.05, 0) is 23.7 Å². The Morgan fingerprint density at radius 1 is 1.25 bits per heavy atom. The molecule has 0 saturated heterocycles. The smallest absolute Gasteiger partial charge is 0.205 e. The van der Waals surface area contributed by atoms with E-state index in [-0.39, 0.29) is 5.02 Å². The minimum Gasteiger partial charge on any atom is -0.205 e. The highest BCUT2D eigenvalue weighted by molar-refractivity contribution is 6.31. The lowest BCUT2D eigenvalue weighted by atomic mass is 10.2. The van der Waals surface area contributed by atoms with E-state index in [9.17, 15) is 13.2 Å². The topological polar surface area (TPSA) is 0 Å². The molecule has 1 aromatic rings. The molecule has 0 spiro atoms. The van der Waals surface area contributed by atoms with Crippen LogP contribution in [-0.4, -0.2) is 0 Å². The van der Waals surface area contributed by atoms with Crippen molar-refractivity contribution < 1.29 is 13.2 Å². The molecule has 0 radical (unpaired) electrons. The third-order valence-electron chi connectivity index (χ3n) is 1.26. The maximum atomic E-state index is 12.8. The second-order valence-corrected chi connectivity index (χ2v) is 2.98. The molecule has 0 aliphatic heterocycles. The molecule has 0 bridgehead atoms. The maximum Gasteiger partial charge on any atom is 0.351 e. The lowest BCUT2D eigenvalue weighted by Crippen LogP contribution is -2.06. The molecule has 0 saturated carbocycles. The van der Waals surface area contributed by atoms with Gasteiger partial charge in [-0.1, -0.05) is 17.7 Å². The molecule has 0 aromatic heterocycles. The molecule has 0 fully saturated rings. The van der Waals surface area contributed by atoms with Crippen LogP contribution < -0.4 is 0 Å². The van der Waals surface area contributed by atoms with Crippen molar-refractivity contribution in [2.75, 3.05) is 0 Å². The van der Waals surface area contributed by atoms with Gasteiger partial charge < -0.3 is 0 Å². The quantitative estimate of drug-likeness (QED) is 0.625. The van der Waals surface area contributed by atoms with E-state index in [0.29, 0.717) is 0 Å². The number of rotatable bonds is 1. The molecule has 0 unspecified atom stereocenters. The fourth-order valence-corrected chi connectivity index (χ4v) is 1.04. The average molecular weight is 215 g/mol. The van der Waals surface area contributed by atoms with E-state index in [2.05, 4.69) is 11.6 Å². The lowest BCUT2D eigenvalue weighted by molar-refractivity contribution is 0.0907. The predicted octanol–water partition coefficient (Wildman–Crippen LogP) is 3.77. The summed E-state index contributed by atoms with van der Waals surface area (Å²) in [4.78, 5) is 0. The molecule has 0 aliphatic carbocycles. The number of halogens is 5. The highest BCUT2D eigenvalue weighted by Gasteiger charge is 2.31. The van der Waals surface area contributed by atoms with Crippen molar-refractivity contribution in [1.29, 1.82) is 0 Å². The van der Waals surface area contributed by atoms with Gasteiger partial charge in [0.15, 0.2) is 5.82 Å². The SMILES string of the molecule is Fc1c(Cl)cccc1C(F)(F)Cl. The highest BCUT2D eigenvalue weighted by Crippen LogP contribution is 2.35. The van der Waals surface area contributed by atoms with Crippen molar-refractivity contribution in [2.24, 2.45) is 0 Å². The van der Waals surface area contributed by atoms with Gasteiger partial charge in [0.1, 0.15) is 0 Å². The first kappa shape index (κ1) is 9.68. The minimum atomic E-state index is -3.71. The van der Waals surface area contributed by atoms with Gasteiger partial charge in [0.2, 0.25) is 0 Å². The molecule has 0 N–H and O–H groups in total. The standard InChI is InChI=1S/C7H3Cl2F3/c8-5-3-1-2-4(6(5)10)7(9,11)12/h1-3H. The van der Waals surface area contributed by atoms with E-state index in [1.165, 1.54) is 12.1 Å². The van der Waals surface area contributed by atoms with E-state index in [1.54, 1.807) is 0 Å². The molecule has 0 nitrogen and oxygen atoms in total. The predicted molar refractivity (Wildman–Crippen MR) is 41.2 cm³/mol. The second-order valence-electron chi connectivity index (χ2n) is 2.10. The van der Waals surface area contributed by atoms with Gasteiger partial charge in [-0.25, -0.2) is 4.39 Å². The van der Waals surface area contributed by atoms with Crippen LogP contribution in [0.2, 0.25) is 5.02 Å². The molecule has 0 aliphatic rings. The summed E-state index contributed by atoms with van der Waals surface area (Å²) >= 11 is 9.86. The Labute approximate surface area is 76.9 Å². The molecule has 0 amide bonds. The number of alkyl halides is 3. The lowest BCUT2D eigenvalue weighted by Gasteiger charge is -2.09. The van der Waals surface area contributed by atoms with Crippen LogP contribution in [0.15, 0.2) is 18.2 Å². The van der Waals surface area contributed by atoms with Gasteiger partial charge >= 0.3 is 5.38 Å². The Balaban J connectivity index is 3.26. The van der Waals surface area contributed by atoms with Crippen molar-refractivity contribution in [3.8, 4) is 0 Å². The molecule has 1 rings (SSSR count). The molecule has 66 valence electrons. The van der Waals surface area contributed by atoms with Gasteiger partial charge in [0.25, 0.3) is 0 Å². The molecular formula is C7H3Cl2F3. The Hall–Kier alpha value is -0.410. The van der Waals surface area contributed by atoms with E-state index >= 15 is 0 Å². The largest absolute Gasteiger partial charge is 0.351 e. The van der Waals surface area contributed by atoms with Crippen molar-refractivity contribution in [3.05, 3.63) is 34.6 Å². The van der Waals surface area contributed by atoms with E-state index < -0.39 is 16.8 Å². The molecule has 1 aromatic carbocycles. The molecular weight excluding hydrogens is 212 g/mol. The first-order chi connectivity index (χ1) is 5.43. The summed E-state index contributed by atoms with van der Waals surface area (Å²) in [6, 6.07) is 3.26. The van der Waals surface area contributed by atoms with Gasteiger partial charge in [-0.2, -0.15) is 8.78 Å². The first-order valence-corrected chi connectivity index (χ1v) is 3.69. The molecule has 12 heavy (non-hydrogen) atoms. The Morgan fingerprint density at radius 3 is 2.25 bits per heavy atom. The third-order valence-corrected chi connectivity index (χ3v) is 1.75. The summed E-state index contributed by atoms with van der Waals surface area (Å²) in [6.45, 7) is 0. The zero-order valence-electron chi connectivity index (χ0n) is 5.62. The van der Waals surface area contributed by atoms with Crippen LogP contribution in [0, 0.1) is 5.82 Å². The van der Waals surface area contributed by atoms with Crippen molar-refractivity contribution in [2.45, 2.75) is 5.38 Å². The van der Waals surface area contributed by atoms with E-state index in [4.69, 9.17) is 11.6 Å². The number of hydrogen-bond donors (Lipinski definition) is 0. The van der Waals surface area contributed by atoms with Gasteiger partial charge in [0.05, 0.1) is 10.6 Å². The summed E-state index contributed by atoms with van der Waals surface area (Å²) < 4.78 is 37.5. The summed E-state index contributed by atoms with van der Waals surface area (Å²) in [5, 5.41) is -4.08. The van der Waals surface area contributed by atoms with E-state index in [0.717, 1.165) is 6.07 Å². The Morgan fingerprint density at radius 2 is 1.83 bits per heavy atom. The summed E-state index contributed by atoms with van der Waals surface area (Å²) in [7, 11) is 0. The zero-order valence-corrected chi connectivity index (χ0v) is 7.13. The summed E-state index contributed by atoms with van der Waals surface area (Å²) in [5.41, 5.74) is -0.906. The van der Waals surface area contributed by atoms with Crippen molar-refractivity contribution in [3.63, 3.8) is 0 Å². The minimum absolute atomic E-state index is 0.368. The maximum absolute atomic E-state index is 12.8. The summed E-state index contributed by atoms with van der Waals surface area (Å²) in [5.74, 6) is -1.18. The average Bonchev–Trinajstić information content (AvgIpc) is 1.92. The van der Waals surface area contributed by atoms with E-state index in [1.807, 2.05) is 0 Å². The van der Waals surface area contributed by atoms with Crippen LogP contribution in [0.1, 0.15) is 5.56 Å². The fourth-order valence-electron chi connectivity index (χ4n) is 0.723. The van der Waals surface area contributed by atoms with Gasteiger partial charge in [-0.15, -0.1) is 0 Å². The molecule has 5 heteroatoms. The van der Waals surface area contributed by atoms with Gasteiger partial charge in [-0.3, -0.25) is 0 Å². The van der Waals surface area contributed by atoms with Crippen LogP contribution in [0.25, 0.3) is 0 Å². The second kappa shape index (κ2) is 3.15. The van der Waals surface area contributed by atoms with Crippen molar-refractivity contribution >= 4 is 23.2 Å². The van der Waals surface area contributed by atoms with Crippen molar-refractivity contribution in [1.82, 2.24) is 0 Å². The highest BCUT2D eigenvalue weighted by atomic mass is 35.5. The molecule has 0 atom stereocenters. The van der Waals surface area contributed by atoms with Crippen LogP contribution in [0.5, 0.6) is 0 Å². The van der Waals surface area contributed by atoms with Gasteiger partial charge in [0, 0.05) is 0 Å². The van der Waals surface area contributed by atoms with Crippen LogP contribution in [0.4, 0.5) is 13.2 Å². The Kier molecular flexibility index (Phi) is 2.54. The monoisotopic (exact) mass is 214 g/mol. The molecule has 0 heterocycles. The first-order valence-electron chi connectivity index (χ1n) is 2.94. The number of hydrogen-bond acceptors (Lipinski definition) is 0. The zero-order chi connectivity index (χ0) is 9.35. The third kappa shape index (κ3) is 1.84. The van der Waals surface area contributed by atoms with Crippen LogP contribution in [-0.2, 0) is 5.38 Å². The fraction of sp³-hybridized carbons (Fsp3) is 0.143. The normalized spacial score (nSPS) is 11.8.